The smallest absolute Gasteiger partial charge is 0.255 e. The molecule has 0 spiro atoms. The molecular weight excluding hydrogens is 352 g/mol. The lowest BCUT2D eigenvalue weighted by molar-refractivity contribution is 0.0371. The van der Waals surface area contributed by atoms with E-state index in [1.807, 2.05) is 41.9 Å². The van der Waals surface area contributed by atoms with E-state index in [1.165, 1.54) is 0 Å². The monoisotopic (exact) mass is 384 g/mol. The summed E-state index contributed by atoms with van der Waals surface area (Å²) in [5.41, 5.74) is 2.92. The quantitative estimate of drug-likeness (QED) is 0.829. The number of aromatic nitrogens is 3. The van der Waals surface area contributed by atoms with Gasteiger partial charge in [-0.1, -0.05) is 6.92 Å². The highest BCUT2D eigenvalue weighted by Gasteiger charge is 2.30. The second-order valence-electron chi connectivity index (χ2n) is 7.81. The molecular formula is C21H32N6O. The minimum absolute atomic E-state index is 0.0732. The standard InChI is InChI=1S/C21H32N6O/c1-6-19-14-26(9-10-27(19)15(2)3)21(28)17-7-8-20(22-11-17)23-12-18-13-24-25(5)16(18)4/h7-8,11,13,15,19H,6,9-10,12,14H2,1-5H3,(H,22,23)/t19-/m0/s1. The highest BCUT2D eigenvalue weighted by Crippen LogP contribution is 2.18. The second-order valence-corrected chi connectivity index (χ2v) is 7.81. The number of piperazine rings is 1. The third-order valence-electron chi connectivity index (χ3n) is 5.76. The molecule has 0 unspecified atom stereocenters. The average molecular weight is 385 g/mol. The number of nitrogens with zero attached hydrogens (tertiary/aromatic N) is 5. The molecule has 0 aromatic carbocycles. The van der Waals surface area contributed by atoms with Gasteiger partial charge in [0.2, 0.25) is 0 Å². The highest BCUT2D eigenvalue weighted by molar-refractivity contribution is 5.94. The van der Waals surface area contributed by atoms with Crippen molar-refractivity contribution in [3.63, 3.8) is 0 Å². The number of rotatable bonds is 6. The lowest BCUT2D eigenvalue weighted by Crippen LogP contribution is -2.56. The first-order valence-corrected chi connectivity index (χ1v) is 10.1. The molecule has 7 heteroatoms. The maximum Gasteiger partial charge on any atom is 0.255 e. The maximum absolute atomic E-state index is 12.9. The van der Waals surface area contributed by atoms with Gasteiger partial charge in [0.15, 0.2) is 0 Å². The Morgan fingerprint density at radius 1 is 1.29 bits per heavy atom. The maximum atomic E-state index is 12.9. The molecule has 28 heavy (non-hydrogen) atoms. The summed E-state index contributed by atoms with van der Waals surface area (Å²) in [6.07, 6.45) is 4.59. The van der Waals surface area contributed by atoms with E-state index in [1.54, 1.807) is 6.20 Å². The first kappa shape index (κ1) is 20.3. The Morgan fingerprint density at radius 3 is 2.64 bits per heavy atom. The summed E-state index contributed by atoms with van der Waals surface area (Å²) in [4.78, 5) is 21.8. The molecule has 1 amide bonds. The zero-order valence-corrected chi connectivity index (χ0v) is 17.6. The summed E-state index contributed by atoms with van der Waals surface area (Å²) in [5.74, 6) is 0.833. The molecule has 1 N–H and O–H groups in total. The van der Waals surface area contributed by atoms with Gasteiger partial charge in [-0.3, -0.25) is 14.4 Å². The zero-order chi connectivity index (χ0) is 20.3. The normalized spacial score (nSPS) is 17.9. The van der Waals surface area contributed by atoms with Crippen LogP contribution in [-0.2, 0) is 13.6 Å². The molecule has 7 nitrogen and oxygen atoms in total. The van der Waals surface area contributed by atoms with Crippen molar-refractivity contribution in [3.05, 3.63) is 41.3 Å². The van der Waals surface area contributed by atoms with E-state index in [2.05, 4.69) is 41.1 Å². The lowest BCUT2D eigenvalue weighted by Gasteiger charge is -2.43. The van der Waals surface area contributed by atoms with Crippen LogP contribution < -0.4 is 5.32 Å². The molecule has 1 aliphatic rings. The predicted octanol–water partition coefficient (Wildman–Crippen LogP) is 2.68. The molecule has 2 aromatic rings. The van der Waals surface area contributed by atoms with E-state index in [0.717, 1.165) is 43.1 Å². The summed E-state index contributed by atoms with van der Waals surface area (Å²) in [7, 11) is 1.93. The van der Waals surface area contributed by atoms with Crippen LogP contribution in [0.3, 0.4) is 0 Å². The fourth-order valence-corrected chi connectivity index (χ4v) is 3.81. The summed E-state index contributed by atoms with van der Waals surface area (Å²) < 4.78 is 1.86. The molecule has 152 valence electrons. The van der Waals surface area contributed by atoms with Crippen LogP contribution in [0.1, 0.15) is 48.8 Å². The molecule has 0 aliphatic carbocycles. The van der Waals surface area contributed by atoms with Gasteiger partial charge in [-0.2, -0.15) is 5.10 Å². The molecule has 1 atom stereocenters. The van der Waals surface area contributed by atoms with Crippen molar-refractivity contribution < 1.29 is 4.79 Å². The number of hydrogen-bond donors (Lipinski definition) is 1. The summed E-state index contributed by atoms with van der Waals surface area (Å²) in [6, 6.07) is 4.68. The van der Waals surface area contributed by atoms with E-state index in [9.17, 15) is 4.79 Å². The van der Waals surface area contributed by atoms with Crippen LogP contribution in [0.2, 0.25) is 0 Å². The van der Waals surface area contributed by atoms with Crippen LogP contribution in [0, 0.1) is 6.92 Å². The number of carbonyl (C=O) groups excluding carboxylic acids is 1. The Morgan fingerprint density at radius 2 is 2.07 bits per heavy atom. The molecule has 1 saturated heterocycles. The van der Waals surface area contributed by atoms with Crippen LogP contribution in [0.4, 0.5) is 5.82 Å². The SMILES string of the molecule is CC[C@H]1CN(C(=O)c2ccc(NCc3cnn(C)c3C)nc2)CCN1C(C)C. The van der Waals surface area contributed by atoms with Gasteiger partial charge in [0, 0.05) is 62.8 Å². The van der Waals surface area contributed by atoms with E-state index in [0.29, 0.717) is 24.2 Å². The Balaban J connectivity index is 1.60. The molecule has 1 aliphatic heterocycles. The average Bonchev–Trinajstić information content (AvgIpc) is 3.03. The molecule has 2 aromatic heterocycles. The van der Waals surface area contributed by atoms with Gasteiger partial charge in [-0.05, 0) is 39.3 Å². The Labute approximate surface area is 167 Å². The Kier molecular flexibility index (Phi) is 6.34. The van der Waals surface area contributed by atoms with Gasteiger partial charge in [0.1, 0.15) is 5.82 Å². The van der Waals surface area contributed by atoms with Gasteiger partial charge in [0.05, 0.1) is 11.8 Å². The van der Waals surface area contributed by atoms with Gasteiger partial charge in [-0.25, -0.2) is 4.98 Å². The largest absolute Gasteiger partial charge is 0.366 e. The molecule has 0 saturated carbocycles. The van der Waals surface area contributed by atoms with Gasteiger partial charge in [0.25, 0.3) is 5.91 Å². The summed E-state index contributed by atoms with van der Waals surface area (Å²) in [5, 5.41) is 7.55. The van der Waals surface area contributed by atoms with E-state index < -0.39 is 0 Å². The van der Waals surface area contributed by atoms with Crippen molar-refractivity contribution in [3.8, 4) is 0 Å². The van der Waals surface area contributed by atoms with E-state index >= 15 is 0 Å². The molecule has 3 heterocycles. The first-order chi connectivity index (χ1) is 13.4. The van der Waals surface area contributed by atoms with E-state index in [-0.39, 0.29) is 5.91 Å². The molecule has 3 rings (SSSR count). The van der Waals surface area contributed by atoms with Gasteiger partial charge < -0.3 is 10.2 Å². The van der Waals surface area contributed by atoms with Crippen LogP contribution in [0.5, 0.6) is 0 Å². The zero-order valence-electron chi connectivity index (χ0n) is 17.6. The number of amides is 1. The van der Waals surface area contributed by atoms with Gasteiger partial charge >= 0.3 is 0 Å². The van der Waals surface area contributed by atoms with Gasteiger partial charge in [-0.15, -0.1) is 0 Å². The van der Waals surface area contributed by atoms with Crippen LogP contribution in [0.25, 0.3) is 0 Å². The predicted molar refractivity (Wildman–Crippen MR) is 111 cm³/mol. The van der Waals surface area contributed by atoms with Crippen molar-refractivity contribution in [1.82, 2.24) is 24.6 Å². The molecule has 0 radical (unpaired) electrons. The highest BCUT2D eigenvalue weighted by atomic mass is 16.2. The Bertz CT molecular complexity index is 798. The fourth-order valence-electron chi connectivity index (χ4n) is 3.81. The number of carbonyl (C=O) groups is 1. The minimum Gasteiger partial charge on any atom is -0.366 e. The third-order valence-corrected chi connectivity index (χ3v) is 5.76. The number of aryl methyl sites for hydroxylation is 1. The summed E-state index contributed by atoms with van der Waals surface area (Å²) in [6.45, 7) is 11.8. The molecule has 1 fully saturated rings. The number of nitrogens with one attached hydrogen (secondary N) is 1. The van der Waals surface area contributed by atoms with Crippen molar-refractivity contribution >= 4 is 11.7 Å². The van der Waals surface area contributed by atoms with Crippen LogP contribution >= 0.6 is 0 Å². The van der Waals surface area contributed by atoms with E-state index in [4.69, 9.17) is 0 Å². The van der Waals surface area contributed by atoms with Crippen molar-refractivity contribution in [2.45, 2.75) is 52.7 Å². The van der Waals surface area contributed by atoms with Crippen molar-refractivity contribution in [2.24, 2.45) is 7.05 Å². The number of hydrogen-bond acceptors (Lipinski definition) is 5. The van der Waals surface area contributed by atoms with Crippen LogP contribution in [-0.4, -0.2) is 62.2 Å². The Hall–Kier alpha value is -2.41. The van der Waals surface area contributed by atoms with Crippen LogP contribution in [0.15, 0.2) is 24.5 Å². The minimum atomic E-state index is 0.0732. The second kappa shape index (κ2) is 8.73. The number of pyridine rings is 1. The lowest BCUT2D eigenvalue weighted by atomic mass is 10.1. The number of anilines is 1. The first-order valence-electron chi connectivity index (χ1n) is 10.1. The summed E-state index contributed by atoms with van der Waals surface area (Å²) >= 11 is 0. The topological polar surface area (TPSA) is 66.3 Å². The van der Waals surface area contributed by atoms with Crippen molar-refractivity contribution in [2.75, 3.05) is 25.0 Å². The fraction of sp³-hybridized carbons (Fsp3) is 0.571. The third kappa shape index (κ3) is 4.35. The molecule has 0 bridgehead atoms. The van der Waals surface area contributed by atoms with Crippen molar-refractivity contribution in [1.29, 1.82) is 0 Å².